The minimum absolute atomic E-state index is 0.0883. The summed E-state index contributed by atoms with van der Waals surface area (Å²) in [5, 5.41) is 0. The summed E-state index contributed by atoms with van der Waals surface area (Å²) in [6.45, 7) is 5.97. The molecule has 12 heteroatoms. The molecule has 33 heavy (non-hydrogen) atoms. The van der Waals surface area contributed by atoms with Crippen LogP contribution in [0.25, 0.3) is 0 Å². The van der Waals surface area contributed by atoms with Crippen molar-refractivity contribution in [2.75, 3.05) is 100 Å². The van der Waals surface area contributed by atoms with Gasteiger partial charge in [0.25, 0.3) is 0 Å². The zero-order valence-electron chi connectivity index (χ0n) is 20.7. The quantitative estimate of drug-likeness (QED) is 0.230. The molecule has 0 unspecified atom stereocenters. The zero-order valence-corrected chi connectivity index (χ0v) is 20.7. The van der Waals surface area contributed by atoms with E-state index in [0.717, 1.165) is 0 Å². The molecule has 1 aliphatic heterocycles. The maximum absolute atomic E-state index is 12.9. The molecule has 0 bridgehead atoms. The van der Waals surface area contributed by atoms with E-state index in [1.807, 2.05) is 35.8 Å². The van der Waals surface area contributed by atoms with Crippen molar-refractivity contribution in [1.82, 2.24) is 29.4 Å². The minimum Gasteiger partial charge on any atom is -0.329 e. The molecule has 1 rings (SSSR count). The molecule has 0 aromatic heterocycles. The smallest absolute Gasteiger partial charge is 0.226 e. The monoisotopic (exact) mass is 471 g/mol. The number of hydrogen-bond acceptors (Lipinski definition) is 9. The van der Waals surface area contributed by atoms with E-state index in [-0.39, 0.29) is 37.7 Å². The van der Waals surface area contributed by atoms with Crippen LogP contribution in [0, 0.1) is 0 Å². The van der Waals surface area contributed by atoms with Gasteiger partial charge in [-0.2, -0.15) is 0 Å². The maximum Gasteiger partial charge on any atom is 0.226 e. The lowest BCUT2D eigenvalue weighted by Crippen LogP contribution is -2.60. The molecule has 0 saturated carbocycles. The van der Waals surface area contributed by atoms with Crippen molar-refractivity contribution in [1.29, 1.82) is 0 Å². The number of nitrogens with zero attached hydrogens (tertiary/aromatic N) is 6. The van der Waals surface area contributed by atoms with E-state index in [2.05, 4.69) is 0 Å². The highest BCUT2D eigenvalue weighted by Gasteiger charge is 2.31. The lowest BCUT2D eigenvalue weighted by Gasteiger charge is -2.42. The molecule has 12 nitrogen and oxygen atoms in total. The van der Waals surface area contributed by atoms with E-state index in [9.17, 15) is 14.4 Å². The molecule has 0 spiro atoms. The Labute approximate surface area is 198 Å². The second kappa shape index (κ2) is 15.9. The van der Waals surface area contributed by atoms with Crippen molar-refractivity contribution in [2.24, 2.45) is 17.2 Å². The second-order valence-corrected chi connectivity index (χ2v) is 8.75. The number of likely N-dealkylation sites (N-methyl/N-ethyl adjacent to an activating group) is 3. The Morgan fingerprint density at radius 3 is 1.00 bits per heavy atom. The van der Waals surface area contributed by atoms with Crippen LogP contribution in [0.2, 0.25) is 0 Å². The van der Waals surface area contributed by atoms with E-state index in [4.69, 9.17) is 17.2 Å². The Morgan fingerprint density at radius 1 is 0.545 bits per heavy atom. The summed E-state index contributed by atoms with van der Waals surface area (Å²) in [5.74, 6) is -0.265. The average molecular weight is 472 g/mol. The van der Waals surface area contributed by atoms with E-state index in [1.165, 1.54) is 0 Å². The van der Waals surface area contributed by atoms with Crippen molar-refractivity contribution >= 4 is 17.7 Å². The third-order valence-corrected chi connectivity index (χ3v) is 5.74. The van der Waals surface area contributed by atoms with Gasteiger partial charge in [0.1, 0.15) is 0 Å². The van der Waals surface area contributed by atoms with Gasteiger partial charge in [-0.15, -0.1) is 0 Å². The highest BCUT2D eigenvalue weighted by atomic mass is 16.2. The second-order valence-electron chi connectivity index (χ2n) is 8.75. The summed E-state index contributed by atoms with van der Waals surface area (Å²) in [5.41, 5.74) is 16.7. The number of carbonyl (C=O) groups is 3. The lowest BCUT2D eigenvalue weighted by atomic mass is 10.3. The van der Waals surface area contributed by atoms with Gasteiger partial charge in [-0.1, -0.05) is 0 Å². The number of nitrogens with two attached hydrogens (primary N) is 3. The largest absolute Gasteiger partial charge is 0.329 e. The fourth-order valence-corrected chi connectivity index (χ4v) is 3.56. The fourth-order valence-electron chi connectivity index (χ4n) is 3.56. The Kier molecular flexibility index (Phi) is 14.1. The summed E-state index contributed by atoms with van der Waals surface area (Å²) >= 11 is 0. The Bertz CT molecular complexity index is 521. The first-order chi connectivity index (χ1) is 15.7. The van der Waals surface area contributed by atoms with Crippen LogP contribution in [0.5, 0.6) is 0 Å². The zero-order chi connectivity index (χ0) is 24.8. The van der Waals surface area contributed by atoms with Gasteiger partial charge < -0.3 is 46.6 Å². The molecule has 6 N–H and O–H groups in total. The summed E-state index contributed by atoms with van der Waals surface area (Å²) in [4.78, 5) is 49.4. The summed E-state index contributed by atoms with van der Waals surface area (Å²) in [7, 11) is 5.74. The van der Waals surface area contributed by atoms with Crippen molar-refractivity contribution in [3.8, 4) is 0 Å². The van der Waals surface area contributed by atoms with Gasteiger partial charge >= 0.3 is 0 Å². The minimum atomic E-state index is -0.0883. The number of rotatable bonds is 15. The molecule has 0 radical (unpaired) electrons. The topological polar surface area (TPSA) is 149 Å². The number of hydrogen-bond donors (Lipinski definition) is 3. The predicted octanol–water partition coefficient (Wildman–Crippen LogP) is -2.80. The van der Waals surface area contributed by atoms with E-state index in [0.29, 0.717) is 78.2 Å². The van der Waals surface area contributed by atoms with Gasteiger partial charge in [-0.25, -0.2) is 0 Å². The van der Waals surface area contributed by atoms with Crippen LogP contribution in [-0.2, 0) is 14.4 Å². The molecule has 1 fully saturated rings. The Balaban J connectivity index is 2.79. The number of carbonyl (C=O) groups excluding carboxylic acids is 3. The van der Waals surface area contributed by atoms with Gasteiger partial charge in [-0.05, 0) is 21.1 Å². The Morgan fingerprint density at radius 2 is 0.788 bits per heavy atom. The first kappa shape index (κ1) is 29.2. The first-order valence-corrected chi connectivity index (χ1v) is 11.7. The van der Waals surface area contributed by atoms with Gasteiger partial charge in [0, 0.05) is 78.2 Å². The highest BCUT2D eigenvalue weighted by Crippen LogP contribution is 2.13. The molecule has 192 valence electrons. The van der Waals surface area contributed by atoms with Crippen molar-refractivity contribution < 1.29 is 14.4 Å². The van der Waals surface area contributed by atoms with Crippen LogP contribution >= 0.6 is 0 Å². The summed E-state index contributed by atoms with van der Waals surface area (Å²) in [6, 6.07) is 0. The van der Waals surface area contributed by atoms with Crippen LogP contribution in [-0.4, -0.2) is 147 Å². The van der Waals surface area contributed by atoms with Crippen LogP contribution in [0.3, 0.4) is 0 Å². The van der Waals surface area contributed by atoms with Crippen LogP contribution in [0.15, 0.2) is 0 Å². The van der Waals surface area contributed by atoms with Gasteiger partial charge in [-0.3, -0.25) is 14.4 Å². The summed E-state index contributed by atoms with van der Waals surface area (Å²) < 4.78 is 0. The molecule has 0 aromatic rings. The Hall–Kier alpha value is -1.83. The highest BCUT2D eigenvalue weighted by molar-refractivity contribution is 5.82. The van der Waals surface area contributed by atoms with E-state index < -0.39 is 0 Å². The van der Waals surface area contributed by atoms with Crippen LogP contribution < -0.4 is 17.2 Å². The molecule has 0 aliphatic carbocycles. The molecule has 3 amide bonds. The maximum atomic E-state index is 12.9. The van der Waals surface area contributed by atoms with Crippen LogP contribution in [0.1, 0.15) is 19.3 Å². The van der Waals surface area contributed by atoms with Crippen LogP contribution in [0.4, 0.5) is 0 Å². The third kappa shape index (κ3) is 11.2. The normalized spacial score (nSPS) is 14.6. The lowest BCUT2D eigenvalue weighted by molar-refractivity contribution is -0.159. The molecular weight excluding hydrogens is 426 g/mol. The average Bonchev–Trinajstić information content (AvgIpc) is 2.79. The summed E-state index contributed by atoms with van der Waals surface area (Å²) in [6.07, 6.45) is 0.914. The molecule has 1 heterocycles. The molecule has 0 atom stereocenters. The predicted molar refractivity (Wildman–Crippen MR) is 129 cm³/mol. The van der Waals surface area contributed by atoms with Crippen molar-refractivity contribution in [3.05, 3.63) is 0 Å². The number of amides is 3. The SMILES string of the molecule is CN(CCN)CCC(=O)N1CN(C(=O)CCN(C)CCN)CN(C(=O)CCN(C)CCN)C1. The van der Waals surface area contributed by atoms with Gasteiger partial charge in [0.05, 0.1) is 20.0 Å². The molecule has 0 aromatic carbocycles. The van der Waals surface area contributed by atoms with E-state index in [1.54, 1.807) is 14.7 Å². The van der Waals surface area contributed by atoms with Crippen molar-refractivity contribution in [2.45, 2.75) is 19.3 Å². The molecule has 1 aliphatic rings. The molecular formula is C21H45N9O3. The van der Waals surface area contributed by atoms with Crippen molar-refractivity contribution in [3.63, 3.8) is 0 Å². The van der Waals surface area contributed by atoms with E-state index >= 15 is 0 Å². The first-order valence-electron chi connectivity index (χ1n) is 11.7. The molecule has 1 saturated heterocycles. The third-order valence-electron chi connectivity index (χ3n) is 5.74. The van der Waals surface area contributed by atoms with Gasteiger partial charge in [0.2, 0.25) is 17.7 Å². The van der Waals surface area contributed by atoms with Gasteiger partial charge in [0.15, 0.2) is 0 Å². The standard InChI is InChI=1S/C21H45N9O3/c1-25(13-7-22)10-4-19(31)28-16-29(20(32)5-11-26(2)14-8-23)18-30(17-28)21(33)6-12-27(3)15-9-24/h4-18,22-24H2,1-3H3. The fraction of sp³-hybridized carbons (Fsp3) is 0.857.